The minimum absolute atomic E-state index is 0.0315. The molecule has 12 heteroatoms. The number of hydrogen-bond acceptors (Lipinski definition) is 5. The van der Waals surface area contributed by atoms with Crippen LogP contribution in [0.2, 0.25) is 0 Å². The second-order valence-corrected chi connectivity index (χ2v) is 11.2. The first kappa shape index (κ1) is 29.4. The van der Waals surface area contributed by atoms with Crippen molar-refractivity contribution < 1.29 is 37.9 Å². The first-order valence-electron chi connectivity index (χ1n) is 12.3. The number of hydrogen-bond donors (Lipinski definition) is 4. The van der Waals surface area contributed by atoms with Gasteiger partial charge in [0.2, 0.25) is 23.5 Å². The molecular weight excluding hydrogens is 478 g/mol. The third-order valence-electron chi connectivity index (χ3n) is 6.43. The molecule has 0 bridgehead atoms. The molecule has 2 aliphatic rings. The van der Waals surface area contributed by atoms with Gasteiger partial charge >= 0.3 is 6.09 Å². The maximum atomic E-state index is 13.5. The fourth-order valence-electron chi connectivity index (χ4n) is 4.18. The number of piperidine rings is 1. The average Bonchev–Trinajstić information content (AvgIpc) is 3.56. The average molecular weight is 517 g/mol. The summed E-state index contributed by atoms with van der Waals surface area (Å²) in [5, 5.41) is 16.4. The number of ketones is 1. The van der Waals surface area contributed by atoms with E-state index in [0.717, 1.165) is 12.8 Å². The van der Waals surface area contributed by atoms with Crippen LogP contribution in [-0.2, 0) is 19.2 Å². The van der Waals surface area contributed by atoms with Crippen LogP contribution in [0.15, 0.2) is 0 Å². The molecule has 4 N–H and O–H groups in total. The van der Waals surface area contributed by atoms with Crippen LogP contribution >= 0.6 is 0 Å². The quantitative estimate of drug-likeness (QED) is 0.327. The van der Waals surface area contributed by atoms with Crippen molar-refractivity contribution in [2.24, 2.45) is 11.3 Å². The van der Waals surface area contributed by atoms with Crippen molar-refractivity contribution in [3.05, 3.63) is 0 Å². The van der Waals surface area contributed by atoms with E-state index in [0.29, 0.717) is 13.3 Å². The molecule has 1 aliphatic carbocycles. The van der Waals surface area contributed by atoms with Crippen molar-refractivity contribution in [3.8, 4) is 0 Å². The molecule has 2 fully saturated rings. The van der Waals surface area contributed by atoms with Gasteiger partial charge in [0.25, 0.3) is 5.91 Å². The van der Waals surface area contributed by atoms with Gasteiger partial charge in [0.15, 0.2) is 0 Å². The number of rotatable bonds is 10. The number of likely N-dealkylation sites (tertiary alicyclic amines) is 1. The number of amides is 4. The van der Waals surface area contributed by atoms with Crippen molar-refractivity contribution in [1.29, 1.82) is 0 Å². The van der Waals surface area contributed by atoms with Crippen LogP contribution in [0.5, 0.6) is 0 Å². The lowest BCUT2D eigenvalue weighted by Gasteiger charge is -2.42. The third-order valence-corrected chi connectivity index (χ3v) is 6.43. The highest BCUT2D eigenvalue weighted by atomic mass is 19.3. The Morgan fingerprint density at radius 3 is 2.11 bits per heavy atom. The summed E-state index contributed by atoms with van der Waals surface area (Å²) in [6.45, 7) is 7.82. The number of carbonyl (C=O) groups excluding carboxylic acids is 4. The van der Waals surface area contributed by atoms with Gasteiger partial charge in [0, 0.05) is 19.0 Å². The van der Waals surface area contributed by atoms with Gasteiger partial charge in [-0.3, -0.25) is 19.2 Å². The summed E-state index contributed by atoms with van der Waals surface area (Å²) in [5.74, 6) is -6.36. The van der Waals surface area contributed by atoms with Crippen molar-refractivity contribution in [1.82, 2.24) is 20.9 Å². The molecule has 3 unspecified atom stereocenters. The van der Waals surface area contributed by atoms with Crippen LogP contribution in [0.3, 0.4) is 0 Å². The Hall–Kier alpha value is -2.79. The fraction of sp³-hybridized carbons (Fsp3) is 0.792. The summed E-state index contributed by atoms with van der Waals surface area (Å²) in [4.78, 5) is 64.4. The van der Waals surface area contributed by atoms with E-state index in [4.69, 9.17) is 0 Å². The number of Topliss-reactive ketones (excluding diaryl/α,β-unsaturated/α-hetero) is 1. The molecule has 1 saturated carbocycles. The largest absolute Gasteiger partial charge is 0.465 e. The molecule has 2 rings (SSSR count). The zero-order valence-electron chi connectivity index (χ0n) is 21.5. The molecule has 10 nitrogen and oxygen atoms in total. The topological polar surface area (TPSA) is 145 Å². The number of halogens is 2. The predicted molar refractivity (Wildman–Crippen MR) is 126 cm³/mol. The second kappa shape index (κ2) is 11.5. The maximum Gasteiger partial charge on any atom is 0.405 e. The van der Waals surface area contributed by atoms with E-state index >= 15 is 0 Å². The minimum Gasteiger partial charge on any atom is -0.465 e. The lowest BCUT2D eigenvalue weighted by Crippen LogP contribution is -2.62. The van der Waals surface area contributed by atoms with Gasteiger partial charge in [-0.05, 0) is 50.4 Å². The van der Waals surface area contributed by atoms with Gasteiger partial charge in [0.05, 0.1) is 6.04 Å². The zero-order chi connectivity index (χ0) is 27.4. The van der Waals surface area contributed by atoms with Crippen LogP contribution in [-0.4, -0.2) is 76.2 Å². The van der Waals surface area contributed by atoms with Crippen LogP contribution < -0.4 is 16.0 Å². The number of carbonyl (C=O) groups is 5. The van der Waals surface area contributed by atoms with E-state index in [-0.39, 0.29) is 24.9 Å². The van der Waals surface area contributed by atoms with Crippen LogP contribution in [0.25, 0.3) is 0 Å². The third kappa shape index (κ3) is 8.70. The highest BCUT2D eigenvalue weighted by Crippen LogP contribution is 2.28. The highest BCUT2D eigenvalue weighted by Gasteiger charge is 2.43. The monoisotopic (exact) mass is 516 g/mol. The molecule has 1 aliphatic heterocycles. The number of alkyl halides is 2. The molecule has 204 valence electrons. The Kier molecular flexibility index (Phi) is 9.41. The molecule has 0 radical (unpaired) electrons. The van der Waals surface area contributed by atoms with Crippen molar-refractivity contribution in [3.63, 3.8) is 0 Å². The summed E-state index contributed by atoms with van der Waals surface area (Å²) in [7, 11) is 0. The number of nitrogens with one attached hydrogen (secondary N) is 3. The summed E-state index contributed by atoms with van der Waals surface area (Å²) in [6, 6.07) is -3.79. The van der Waals surface area contributed by atoms with E-state index in [1.807, 2.05) is 6.92 Å². The lowest BCUT2D eigenvalue weighted by molar-refractivity contribution is -0.148. The fourth-order valence-corrected chi connectivity index (χ4v) is 4.18. The van der Waals surface area contributed by atoms with Crippen molar-refractivity contribution in [2.45, 2.75) is 103 Å². The van der Waals surface area contributed by atoms with E-state index in [9.17, 15) is 37.9 Å². The molecule has 1 heterocycles. The van der Waals surface area contributed by atoms with E-state index in [1.165, 1.54) is 4.90 Å². The summed E-state index contributed by atoms with van der Waals surface area (Å²) in [6.07, 6.45) is -0.292. The van der Waals surface area contributed by atoms with Gasteiger partial charge in [0.1, 0.15) is 12.1 Å². The zero-order valence-corrected chi connectivity index (χ0v) is 21.5. The Morgan fingerprint density at radius 2 is 1.61 bits per heavy atom. The minimum atomic E-state index is -3.11. The Bertz CT molecular complexity index is 866. The molecule has 36 heavy (non-hydrogen) atoms. The van der Waals surface area contributed by atoms with Gasteiger partial charge in [-0.15, -0.1) is 0 Å². The van der Waals surface area contributed by atoms with Crippen LogP contribution in [0.4, 0.5) is 13.6 Å². The SMILES string of the molecule is CC1CCC(C(=O)NC(CCC(C)(F)F)C(=O)C(=O)NC2CC2)N(C(=O)[C@@H](NC(=O)O)C(C)(C)C)C1. The van der Waals surface area contributed by atoms with Gasteiger partial charge < -0.3 is 26.0 Å². The molecule has 4 amide bonds. The number of nitrogens with zero attached hydrogens (tertiary/aromatic N) is 1. The van der Waals surface area contributed by atoms with Crippen molar-refractivity contribution >= 4 is 29.6 Å². The Morgan fingerprint density at radius 1 is 1.00 bits per heavy atom. The molecule has 4 atom stereocenters. The summed E-state index contributed by atoms with van der Waals surface area (Å²) < 4.78 is 27.1. The van der Waals surface area contributed by atoms with E-state index in [2.05, 4.69) is 16.0 Å². The van der Waals surface area contributed by atoms with E-state index in [1.54, 1.807) is 20.8 Å². The molecule has 1 saturated heterocycles. The number of carboxylic acid groups (broad SMARTS) is 1. The van der Waals surface area contributed by atoms with Gasteiger partial charge in [-0.2, -0.15) is 0 Å². The summed E-state index contributed by atoms with van der Waals surface area (Å²) >= 11 is 0. The highest BCUT2D eigenvalue weighted by molar-refractivity contribution is 6.38. The maximum absolute atomic E-state index is 13.5. The van der Waals surface area contributed by atoms with Crippen LogP contribution in [0, 0.1) is 11.3 Å². The first-order valence-corrected chi connectivity index (χ1v) is 12.3. The first-order chi connectivity index (χ1) is 16.5. The van der Waals surface area contributed by atoms with E-state index < -0.39 is 71.9 Å². The predicted octanol–water partition coefficient (Wildman–Crippen LogP) is 2.06. The molecule has 0 aromatic rings. The smallest absolute Gasteiger partial charge is 0.405 e. The molecular formula is C24H38F2N4O6. The molecule has 0 spiro atoms. The van der Waals surface area contributed by atoms with Gasteiger partial charge in [-0.1, -0.05) is 27.7 Å². The van der Waals surface area contributed by atoms with Gasteiger partial charge in [-0.25, -0.2) is 13.6 Å². The Labute approximate surface area is 209 Å². The lowest BCUT2D eigenvalue weighted by atomic mass is 9.84. The molecule has 0 aromatic carbocycles. The standard InChI is InChI=1S/C24H38F2N4O6/c1-13-6-9-16(30(12-13)21(34)18(23(2,3)4)29-22(35)36)19(32)28-15(10-11-24(5,25)26)17(31)20(33)27-14-7-8-14/h13-16,18,29H,6-12H2,1-5H3,(H,27,33)(H,28,32)(H,35,36)/t13?,15?,16?,18-/m1/s1. The normalized spacial score (nSPS) is 22.2. The summed E-state index contributed by atoms with van der Waals surface area (Å²) in [5.41, 5.74) is -0.802. The second-order valence-electron chi connectivity index (χ2n) is 11.2. The Balaban J connectivity index is 2.25. The van der Waals surface area contributed by atoms with Crippen LogP contribution in [0.1, 0.15) is 73.1 Å². The molecule has 0 aromatic heterocycles. The van der Waals surface area contributed by atoms with Crippen molar-refractivity contribution in [2.75, 3.05) is 6.54 Å².